The molecular weight excluding hydrogens is 300 g/mol. The minimum absolute atomic E-state index is 0.0886. The zero-order chi connectivity index (χ0) is 15.6. The van der Waals surface area contributed by atoms with Gasteiger partial charge in [0.15, 0.2) is 0 Å². The van der Waals surface area contributed by atoms with Crippen LogP contribution in [0.3, 0.4) is 0 Å². The van der Waals surface area contributed by atoms with Crippen LogP contribution in [0.5, 0.6) is 0 Å². The number of thiophene rings is 1. The van der Waals surface area contributed by atoms with Crippen LogP contribution in [-0.2, 0) is 0 Å². The summed E-state index contributed by atoms with van der Waals surface area (Å²) >= 11 is 1.55. The van der Waals surface area contributed by atoms with Gasteiger partial charge in [-0.05, 0) is 28.6 Å². The fraction of sp³-hybridized carbons (Fsp3) is 0. The zero-order valence-corrected chi connectivity index (χ0v) is 13.2. The highest BCUT2D eigenvalue weighted by Crippen LogP contribution is 2.30. The first kappa shape index (κ1) is 13.9. The number of carbonyl (C=O) groups excluding carboxylic acids is 1. The molecule has 0 saturated carbocycles. The fourth-order valence-electron chi connectivity index (χ4n) is 2.78. The van der Waals surface area contributed by atoms with Crippen molar-refractivity contribution in [2.24, 2.45) is 0 Å². The summed E-state index contributed by atoms with van der Waals surface area (Å²) in [5, 5.41) is 1.12. The second-order valence-electron chi connectivity index (χ2n) is 5.39. The van der Waals surface area contributed by atoms with Crippen LogP contribution in [0.25, 0.3) is 21.2 Å². The van der Waals surface area contributed by atoms with E-state index in [1.807, 2.05) is 78.9 Å². The first-order valence-electron chi connectivity index (χ1n) is 7.51. The lowest BCUT2D eigenvalue weighted by Gasteiger charge is -2.07. The van der Waals surface area contributed by atoms with E-state index in [9.17, 15) is 4.79 Å². The van der Waals surface area contributed by atoms with Gasteiger partial charge in [-0.15, -0.1) is 11.3 Å². The van der Waals surface area contributed by atoms with Crippen LogP contribution in [-0.4, -0.2) is 5.78 Å². The SMILES string of the molecule is O=C(c1cc2ccccc2s1)c1ccccc1-c1ccccc1. The lowest BCUT2D eigenvalue weighted by molar-refractivity contribution is 0.104. The van der Waals surface area contributed by atoms with Gasteiger partial charge in [0.1, 0.15) is 0 Å². The van der Waals surface area contributed by atoms with Gasteiger partial charge >= 0.3 is 0 Å². The van der Waals surface area contributed by atoms with Crippen molar-refractivity contribution in [3.05, 3.63) is 95.4 Å². The van der Waals surface area contributed by atoms with Gasteiger partial charge < -0.3 is 0 Å². The van der Waals surface area contributed by atoms with Gasteiger partial charge in [0.25, 0.3) is 0 Å². The molecule has 0 amide bonds. The maximum atomic E-state index is 13.0. The lowest BCUT2D eigenvalue weighted by atomic mass is 9.96. The van der Waals surface area contributed by atoms with Gasteiger partial charge in [-0.2, -0.15) is 0 Å². The van der Waals surface area contributed by atoms with Gasteiger partial charge in [-0.25, -0.2) is 0 Å². The molecule has 0 bridgehead atoms. The largest absolute Gasteiger partial charge is 0.288 e. The number of benzene rings is 3. The van der Waals surface area contributed by atoms with Crippen LogP contribution in [0.2, 0.25) is 0 Å². The molecule has 0 saturated heterocycles. The van der Waals surface area contributed by atoms with Gasteiger partial charge in [-0.3, -0.25) is 4.79 Å². The Morgan fingerprint density at radius 2 is 1.43 bits per heavy atom. The number of ketones is 1. The van der Waals surface area contributed by atoms with Crippen LogP contribution in [0.4, 0.5) is 0 Å². The quantitative estimate of drug-likeness (QED) is 0.437. The average Bonchev–Trinajstić information content (AvgIpc) is 3.06. The molecule has 0 radical (unpaired) electrons. The summed E-state index contributed by atoms with van der Waals surface area (Å²) in [7, 11) is 0. The molecule has 2 heteroatoms. The topological polar surface area (TPSA) is 17.1 Å². The summed E-state index contributed by atoms with van der Waals surface area (Å²) in [5.41, 5.74) is 2.80. The Balaban J connectivity index is 1.83. The molecule has 1 nitrogen and oxygen atoms in total. The van der Waals surface area contributed by atoms with Crippen LogP contribution < -0.4 is 0 Å². The summed E-state index contributed by atoms with van der Waals surface area (Å²) in [4.78, 5) is 13.8. The Morgan fingerprint density at radius 1 is 0.739 bits per heavy atom. The number of hydrogen-bond donors (Lipinski definition) is 0. The number of fused-ring (bicyclic) bond motifs is 1. The number of carbonyl (C=O) groups is 1. The molecule has 4 aromatic rings. The predicted octanol–water partition coefficient (Wildman–Crippen LogP) is 5.80. The van der Waals surface area contributed by atoms with Crippen molar-refractivity contribution >= 4 is 27.2 Å². The van der Waals surface area contributed by atoms with Crippen LogP contribution in [0.15, 0.2) is 84.9 Å². The summed E-state index contributed by atoms with van der Waals surface area (Å²) < 4.78 is 1.15. The predicted molar refractivity (Wildman–Crippen MR) is 97.1 cm³/mol. The molecule has 3 aromatic carbocycles. The van der Waals surface area contributed by atoms with Crippen molar-refractivity contribution in [1.82, 2.24) is 0 Å². The van der Waals surface area contributed by atoms with E-state index in [0.717, 1.165) is 31.7 Å². The van der Waals surface area contributed by atoms with E-state index in [1.54, 1.807) is 11.3 Å². The lowest BCUT2D eigenvalue weighted by Crippen LogP contribution is -2.01. The Kier molecular flexibility index (Phi) is 3.52. The molecule has 0 atom stereocenters. The van der Waals surface area contributed by atoms with E-state index in [4.69, 9.17) is 0 Å². The van der Waals surface area contributed by atoms with Crippen molar-refractivity contribution in [1.29, 1.82) is 0 Å². The molecule has 0 N–H and O–H groups in total. The third-order valence-corrected chi connectivity index (χ3v) is 5.02. The Hall–Kier alpha value is -2.71. The number of hydrogen-bond acceptors (Lipinski definition) is 2. The van der Waals surface area contributed by atoms with E-state index in [-0.39, 0.29) is 5.78 Å². The molecule has 0 aliphatic carbocycles. The van der Waals surface area contributed by atoms with Crippen molar-refractivity contribution in [2.75, 3.05) is 0 Å². The minimum atomic E-state index is 0.0886. The van der Waals surface area contributed by atoms with Crippen molar-refractivity contribution in [3.63, 3.8) is 0 Å². The molecule has 1 aromatic heterocycles. The third kappa shape index (κ3) is 2.58. The number of rotatable bonds is 3. The molecule has 4 rings (SSSR count). The van der Waals surface area contributed by atoms with Crippen molar-refractivity contribution < 1.29 is 4.79 Å². The Labute approximate surface area is 138 Å². The highest BCUT2D eigenvalue weighted by Gasteiger charge is 2.16. The second kappa shape index (κ2) is 5.82. The summed E-state index contributed by atoms with van der Waals surface area (Å²) in [6.07, 6.45) is 0. The Bertz CT molecular complexity index is 950. The van der Waals surface area contributed by atoms with Crippen molar-refractivity contribution in [3.8, 4) is 11.1 Å². The van der Waals surface area contributed by atoms with E-state index in [0.29, 0.717) is 0 Å². The van der Waals surface area contributed by atoms with E-state index in [1.165, 1.54) is 0 Å². The van der Waals surface area contributed by atoms with Gasteiger partial charge in [-0.1, -0.05) is 72.8 Å². The first-order valence-corrected chi connectivity index (χ1v) is 8.32. The molecule has 23 heavy (non-hydrogen) atoms. The minimum Gasteiger partial charge on any atom is -0.288 e. The van der Waals surface area contributed by atoms with Crippen LogP contribution in [0, 0.1) is 0 Å². The van der Waals surface area contributed by atoms with E-state index >= 15 is 0 Å². The van der Waals surface area contributed by atoms with Gasteiger partial charge in [0.05, 0.1) is 4.88 Å². The zero-order valence-electron chi connectivity index (χ0n) is 12.4. The first-order chi connectivity index (χ1) is 11.3. The summed E-state index contributed by atoms with van der Waals surface area (Å²) in [6, 6.07) is 28.0. The van der Waals surface area contributed by atoms with Gasteiger partial charge in [0.2, 0.25) is 5.78 Å². The van der Waals surface area contributed by atoms with E-state index in [2.05, 4.69) is 6.07 Å². The van der Waals surface area contributed by atoms with Gasteiger partial charge in [0, 0.05) is 10.3 Å². The highest BCUT2D eigenvalue weighted by atomic mass is 32.1. The monoisotopic (exact) mass is 314 g/mol. The molecule has 110 valence electrons. The molecular formula is C21H14OS. The molecule has 0 aliphatic heterocycles. The molecule has 0 fully saturated rings. The summed E-state index contributed by atoms with van der Waals surface area (Å²) in [5.74, 6) is 0.0886. The maximum Gasteiger partial charge on any atom is 0.203 e. The second-order valence-corrected chi connectivity index (χ2v) is 6.47. The molecule has 0 aliphatic rings. The van der Waals surface area contributed by atoms with Crippen LogP contribution in [0.1, 0.15) is 15.2 Å². The normalized spacial score (nSPS) is 10.8. The average molecular weight is 314 g/mol. The summed E-state index contributed by atoms with van der Waals surface area (Å²) in [6.45, 7) is 0. The smallest absolute Gasteiger partial charge is 0.203 e. The van der Waals surface area contributed by atoms with Crippen molar-refractivity contribution in [2.45, 2.75) is 0 Å². The highest BCUT2D eigenvalue weighted by molar-refractivity contribution is 7.21. The molecule has 1 heterocycles. The molecule has 0 unspecified atom stereocenters. The molecule has 0 spiro atoms. The standard InChI is InChI=1S/C21H14OS/c22-21(20-14-16-10-4-7-13-19(16)23-20)18-12-6-5-11-17(18)15-8-2-1-3-9-15/h1-14H. The fourth-order valence-corrected chi connectivity index (χ4v) is 3.79. The third-order valence-electron chi connectivity index (χ3n) is 3.91. The van der Waals surface area contributed by atoms with Crippen LogP contribution >= 0.6 is 11.3 Å². The Morgan fingerprint density at radius 3 is 2.26 bits per heavy atom. The maximum absolute atomic E-state index is 13.0. The van der Waals surface area contributed by atoms with E-state index < -0.39 is 0 Å².